The number of benzene rings is 1. The van der Waals surface area contributed by atoms with Gasteiger partial charge in [0.15, 0.2) is 6.61 Å². The molecule has 1 aromatic carbocycles. The summed E-state index contributed by atoms with van der Waals surface area (Å²) in [7, 11) is 0. The molecule has 0 saturated heterocycles. The summed E-state index contributed by atoms with van der Waals surface area (Å²) in [5.41, 5.74) is 3.28. The van der Waals surface area contributed by atoms with E-state index in [0.29, 0.717) is 5.75 Å². The van der Waals surface area contributed by atoms with Gasteiger partial charge < -0.3 is 4.74 Å². The second-order valence-corrected chi connectivity index (χ2v) is 7.12. The Balaban J connectivity index is 2.52. The van der Waals surface area contributed by atoms with Gasteiger partial charge in [-0.2, -0.15) is 5.10 Å². The first kappa shape index (κ1) is 17.2. The fourth-order valence-corrected chi connectivity index (χ4v) is 2.24. The Morgan fingerprint density at radius 2 is 2.00 bits per heavy atom. The number of amides is 1. The number of nitrogens with one attached hydrogen (secondary N) is 1. The Bertz CT molecular complexity index is 522. The average molecular weight is 406 g/mol. The van der Waals surface area contributed by atoms with Crippen molar-refractivity contribution in [3.63, 3.8) is 0 Å². The van der Waals surface area contributed by atoms with Crippen molar-refractivity contribution in [1.29, 1.82) is 0 Å². The van der Waals surface area contributed by atoms with Crippen LogP contribution in [0.25, 0.3) is 0 Å². The van der Waals surface area contributed by atoms with Crippen molar-refractivity contribution in [2.24, 2.45) is 10.5 Å². The van der Waals surface area contributed by atoms with E-state index in [-0.39, 0.29) is 17.9 Å². The van der Waals surface area contributed by atoms with Crippen LogP contribution in [0.15, 0.2) is 32.2 Å². The van der Waals surface area contributed by atoms with Crippen LogP contribution in [0.5, 0.6) is 5.75 Å². The summed E-state index contributed by atoms with van der Waals surface area (Å²) >= 11 is 6.72. The van der Waals surface area contributed by atoms with Gasteiger partial charge in [0.05, 0.1) is 4.47 Å². The van der Waals surface area contributed by atoms with E-state index >= 15 is 0 Å². The maximum absolute atomic E-state index is 11.7. The van der Waals surface area contributed by atoms with Crippen LogP contribution in [0.3, 0.4) is 0 Å². The lowest BCUT2D eigenvalue weighted by Gasteiger charge is -2.17. The van der Waals surface area contributed by atoms with Gasteiger partial charge in [0.2, 0.25) is 0 Å². The Hall–Kier alpha value is -0.880. The molecular formula is C14H18Br2N2O2. The highest BCUT2D eigenvalue weighted by molar-refractivity contribution is 9.11. The molecular weight excluding hydrogens is 388 g/mol. The van der Waals surface area contributed by atoms with Crippen molar-refractivity contribution in [3.8, 4) is 5.75 Å². The maximum Gasteiger partial charge on any atom is 0.277 e. The first-order valence-electron chi connectivity index (χ1n) is 6.11. The summed E-state index contributed by atoms with van der Waals surface area (Å²) in [4.78, 5) is 11.7. The minimum Gasteiger partial charge on any atom is -0.483 e. The first-order valence-corrected chi connectivity index (χ1v) is 7.70. The van der Waals surface area contributed by atoms with Crippen LogP contribution in [0.2, 0.25) is 0 Å². The molecule has 0 aliphatic heterocycles. The van der Waals surface area contributed by atoms with Crippen molar-refractivity contribution >= 4 is 43.5 Å². The Kier molecular flexibility index (Phi) is 6.20. The van der Waals surface area contributed by atoms with Gasteiger partial charge in [-0.1, -0.05) is 36.7 Å². The molecule has 0 aliphatic rings. The van der Waals surface area contributed by atoms with E-state index in [0.717, 1.165) is 14.7 Å². The topological polar surface area (TPSA) is 50.7 Å². The van der Waals surface area contributed by atoms with Gasteiger partial charge in [0.25, 0.3) is 5.91 Å². The molecule has 0 aromatic heterocycles. The van der Waals surface area contributed by atoms with Gasteiger partial charge in [-0.15, -0.1) is 0 Å². The molecule has 0 saturated carbocycles. The van der Waals surface area contributed by atoms with Crippen LogP contribution >= 0.6 is 31.9 Å². The lowest BCUT2D eigenvalue weighted by Crippen LogP contribution is -2.28. The number of rotatable bonds is 4. The monoisotopic (exact) mass is 404 g/mol. The summed E-state index contributed by atoms with van der Waals surface area (Å²) in [5, 5.41) is 4.06. The summed E-state index contributed by atoms with van der Waals surface area (Å²) in [6, 6.07) is 5.49. The van der Waals surface area contributed by atoms with E-state index in [9.17, 15) is 4.79 Å². The van der Waals surface area contributed by atoms with E-state index in [1.54, 1.807) is 6.07 Å². The van der Waals surface area contributed by atoms with Crippen molar-refractivity contribution in [2.45, 2.75) is 27.7 Å². The molecule has 1 amide bonds. The Labute approximate surface area is 136 Å². The van der Waals surface area contributed by atoms with Gasteiger partial charge in [-0.05, 0) is 41.1 Å². The van der Waals surface area contributed by atoms with E-state index in [4.69, 9.17) is 4.74 Å². The average Bonchev–Trinajstić information content (AvgIpc) is 2.33. The molecule has 1 N–H and O–H groups in total. The van der Waals surface area contributed by atoms with Crippen molar-refractivity contribution < 1.29 is 9.53 Å². The fourth-order valence-electron chi connectivity index (χ4n) is 1.08. The molecule has 0 aliphatic carbocycles. The smallest absolute Gasteiger partial charge is 0.277 e. The number of halogens is 2. The highest BCUT2D eigenvalue weighted by Gasteiger charge is 2.14. The predicted molar refractivity (Wildman–Crippen MR) is 88.0 cm³/mol. The molecule has 1 aromatic rings. The van der Waals surface area contributed by atoms with E-state index < -0.39 is 0 Å². The van der Waals surface area contributed by atoms with E-state index in [2.05, 4.69) is 42.4 Å². The molecule has 0 atom stereocenters. The summed E-state index contributed by atoms with van der Waals surface area (Å²) in [5.74, 6) is 0.322. The zero-order valence-corrected chi connectivity index (χ0v) is 15.1. The highest BCUT2D eigenvalue weighted by Crippen LogP contribution is 2.28. The van der Waals surface area contributed by atoms with Gasteiger partial charge >= 0.3 is 0 Å². The van der Waals surface area contributed by atoms with Gasteiger partial charge in [0.1, 0.15) is 5.75 Å². The van der Waals surface area contributed by atoms with Crippen molar-refractivity contribution in [1.82, 2.24) is 5.43 Å². The first-order chi connectivity index (χ1) is 9.20. The minimum absolute atomic E-state index is 0.0666. The van der Waals surface area contributed by atoms with Crippen LogP contribution in [0.4, 0.5) is 0 Å². The van der Waals surface area contributed by atoms with Gasteiger partial charge in [-0.25, -0.2) is 5.43 Å². The summed E-state index contributed by atoms with van der Waals surface area (Å²) in [6.45, 7) is 7.90. The molecule has 0 spiro atoms. The third-order valence-corrected chi connectivity index (χ3v) is 3.80. The normalized spacial score (nSPS) is 12.2. The molecule has 6 heteroatoms. The standard InChI is InChI=1S/C14H18Br2N2O2/c1-9(14(2,3)4)17-18-13(19)8-20-12-6-5-10(15)7-11(12)16/h5-7H,8H2,1-4H3,(H,18,19). The molecule has 0 radical (unpaired) electrons. The van der Waals surface area contributed by atoms with E-state index in [1.165, 1.54) is 0 Å². The molecule has 0 unspecified atom stereocenters. The third kappa shape index (κ3) is 5.63. The lowest BCUT2D eigenvalue weighted by atomic mass is 9.91. The number of ether oxygens (including phenoxy) is 1. The van der Waals surface area contributed by atoms with Crippen LogP contribution in [0.1, 0.15) is 27.7 Å². The van der Waals surface area contributed by atoms with Gasteiger partial charge in [-0.3, -0.25) is 4.79 Å². The van der Waals surface area contributed by atoms with Crippen molar-refractivity contribution in [3.05, 3.63) is 27.1 Å². The van der Waals surface area contributed by atoms with Crippen molar-refractivity contribution in [2.75, 3.05) is 6.61 Å². The highest BCUT2D eigenvalue weighted by atomic mass is 79.9. The third-order valence-electron chi connectivity index (χ3n) is 2.69. The molecule has 0 heterocycles. The Morgan fingerprint density at radius 1 is 1.35 bits per heavy atom. The number of hydrazone groups is 1. The van der Waals surface area contributed by atoms with E-state index in [1.807, 2.05) is 39.8 Å². The number of hydrogen-bond acceptors (Lipinski definition) is 3. The summed E-state index contributed by atoms with van der Waals surface area (Å²) < 4.78 is 7.15. The zero-order valence-electron chi connectivity index (χ0n) is 12.0. The number of hydrogen-bond donors (Lipinski definition) is 1. The van der Waals surface area contributed by atoms with Crippen LogP contribution < -0.4 is 10.2 Å². The molecule has 1 rings (SSSR count). The van der Waals surface area contributed by atoms with Gasteiger partial charge in [0, 0.05) is 15.6 Å². The quantitative estimate of drug-likeness (QED) is 0.604. The zero-order chi connectivity index (χ0) is 15.3. The molecule has 4 nitrogen and oxygen atoms in total. The molecule has 0 bridgehead atoms. The van der Waals surface area contributed by atoms with Crippen LogP contribution in [0, 0.1) is 5.41 Å². The number of carbonyl (C=O) groups excluding carboxylic acids is 1. The van der Waals surface area contributed by atoms with Crippen LogP contribution in [-0.2, 0) is 4.79 Å². The lowest BCUT2D eigenvalue weighted by molar-refractivity contribution is -0.123. The number of nitrogens with zero attached hydrogens (tertiary/aromatic N) is 1. The molecule has 110 valence electrons. The maximum atomic E-state index is 11.7. The second-order valence-electron chi connectivity index (χ2n) is 5.35. The van der Waals surface area contributed by atoms with Crippen LogP contribution in [-0.4, -0.2) is 18.2 Å². The number of carbonyl (C=O) groups is 1. The molecule has 0 fully saturated rings. The molecule has 20 heavy (non-hydrogen) atoms. The minimum atomic E-state index is -0.289. The second kappa shape index (κ2) is 7.22. The SMILES string of the molecule is CC(=NNC(=O)COc1ccc(Br)cc1Br)C(C)(C)C. The summed E-state index contributed by atoms with van der Waals surface area (Å²) in [6.07, 6.45) is 0. The largest absolute Gasteiger partial charge is 0.483 e. The fraction of sp³-hybridized carbons (Fsp3) is 0.429. The predicted octanol–water partition coefficient (Wildman–Crippen LogP) is 4.13. The Morgan fingerprint density at radius 3 is 2.55 bits per heavy atom.